The summed E-state index contributed by atoms with van der Waals surface area (Å²) in [5.74, 6) is 0.711. The highest BCUT2D eigenvalue weighted by Gasteiger charge is 2.21. The number of H-pyrrole nitrogens is 1. The molecule has 1 atom stereocenters. The number of likely N-dealkylation sites (tertiary alicyclic amines) is 1. The number of hydrogen-bond donors (Lipinski definition) is 2. The van der Waals surface area contributed by atoms with Gasteiger partial charge in [-0.1, -0.05) is 0 Å². The lowest BCUT2D eigenvalue weighted by Gasteiger charge is -2.33. The zero-order chi connectivity index (χ0) is 10.7. The van der Waals surface area contributed by atoms with Crippen molar-refractivity contribution in [1.82, 2.24) is 15.1 Å². The highest BCUT2D eigenvalue weighted by Crippen LogP contribution is 2.20. The fraction of sp³-hybridized carbons (Fsp3) is 0.727. The van der Waals surface area contributed by atoms with E-state index in [2.05, 4.69) is 22.0 Å². The van der Waals surface area contributed by atoms with Crippen molar-refractivity contribution in [2.75, 3.05) is 13.1 Å². The summed E-state index contributed by atoms with van der Waals surface area (Å²) in [5.41, 5.74) is 7.12. The standard InChI is InChI=1S/C11H20N4/c1-9(12)10-3-6-15(7-4-10)8-11-2-5-13-14-11/h2,5,9-10H,3-4,6-8,12H2,1H3,(H,13,14). The molecule has 4 nitrogen and oxygen atoms in total. The van der Waals surface area contributed by atoms with Crippen molar-refractivity contribution in [2.45, 2.75) is 32.4 Å². The molecule has 0 aliphatic carbocycles. The summed E-state index contributed by atoms with van der Waals surface area (Å²) < 4.78 is 0. The molecule has 1 aromatic heterocycles. The zero-order valence-corrected chi connectivity index (χ0v) is 9.32. The van der Waals surface area contributed by atoms with Gasteiger partial charge in [-0.05, 0) is 44.8 Å². The zero-order valence-electron chi connectivity index (χ0n) is 9.32. The van der Waals surface area contributed by atoms with Gasteiger partial charge in [0, 0.05) is 24.5 Å². The highest BCUT2D eigenvalue weighted by atomic mass is 15.2. The summed E-state index contributed by atoms with van der Waals surface area (Å²) in [6, 6.07) is 2.39. The molecular weight excluding hydrogens is 188 g/mol. The van der Waals surface area contributed by atoms with Gasteiger partial charge in [0.05, 0.1) is 0 Å². The summed E-state index contributed by atoms with van der Waals surface area (Å²) >= 11 is 0. The van der Waals surface area contributed by atoms with Crippen LogP contribution in [0.1, 0.15) is 25.5 Å². The van der Waals surface area contributed by atoms with Crippen LogP contribution in [0.4, 0.5) is 0 Å². The number of nitrogens with one attached hydrogen (secondary N) is 1. The Hall–Kier alpha value is -0.870. The van der Waals surface area contributed by atoms with E-state index in [4.69, 9.17) is 5.73 Å². The predicted octanol–water partition coefficient (Wildman–Crippen LogP) is 0.969. The largest absolute Gasteiger partial charge is 0.328 e. The number of nitrogens with zero attached hydrogens (tertiary/aromatic N) is 2. The monoisotopic (exact) mass is 208 g/mol. The van der Waals surface area contributed by atoms with Gasteiger partial charge in [-0.3, -0.25) is 10.00 Å². The van der Waals surface area contributed by atoms with Crippen molar-refractivity contribution in [3.05, 3.63) is 18.0 Å². The number of rotatable bonds is 3. The first-order chi connectivity index (χ1) is 7.25. The summed E-state index contributed by atoms with van der Waals surface area (Å²) in [4.78, 5) is 2.46. The van der Waals surface area contributed by atoms with Gasteiger partial charge in [-0.25, -0.2) is 0 Å². The average Bonchev–Trinajstić information content (AvgIpc) is 2.71. The summed E-state index contributed by atoms with van der Waals surface area (Å²) in [6.45, 7) is 5.43. The second-order valence-corrected chi connectivity index (χ2v) is 4.55. The number of aromatic amines is 1. The van der Waals surface area contributed by atoms with Gasteiger partial charge < -0.3 is 5.73 Å². The van der Waals surface area contributed by atoms with Crippen LogP contribution >= 0.6 is 0 Å². The van der Waals surface area contributed by atoms with Crippen molar-refractivity contribution in [2.24, 2.45) is 11.7 Å². The lowest BCUT2D eigenvalue weighted by Crippen LogP contribution is -2.39. The van der Waals surface area contributed by atoms with Crippen LogP contribution in [0, 0.1) is 5.92 Å². The van der Waals surface area contributed by atoms with Crippen LogP contribution in [-0.4, -0.2) is 34.2 Å². The molecular formula is C11H20N4. The SMILES string of the molecule is CC(N)C1CCN(Cc2ccn[nH]2)CC1. The Kier molecular flexibility index (Phi) is 3.38. The minimum atomic E-state index is 0.347. The summed E-state index contributed by atoms with van der Waals surface area (Å²) in [7, 11) is 0. The van der Waals surface area contributed by atoms with E-state index in [9.17, 15) is 0 Å². The van der Waals surface area contributed by atoms with Gasteiger partial charge in [-0.2, -0.15) is 5.10 Å². The first kappa shape index (κ1) is 10.6. The second kappa shape index (κ2) is 4.77. The normalized spacial score (nSPS) is 21.7. The van der Waals surface area contributed by atoms with Gasteiger partial charge >= 0.3 is 0 Å². The molecule has 0 bridgehead atoms. The summed E-state index contributed by atoms with van der Waals surface area (Å²) in [5, 5.41) is 6.96. The van der Waals surface area contributed by atoms with Crippen LogP contribution < -0.4 is 5.73 Å². The van der Waals surface area contributed by atoms with E-state index in [-0.39, 0.29) is 0 Å². The van der Waals surface area contributed by atoms with E-state index in [0.717, 1.165) is 19.6 Å². The highest BCUT2D eigenvalue weighted by molar-refractivity contribution is 4.97. The maximum Gasteiger partial charge on any atom is 0.0492 e. The topological polar surface area (TPSA) is 57.9 Å². The van der Waals surface area contributed by atoms with E-state index in [1.807, 2.05) is 12.3 Å². The van der Waals surface area contributed by atoms with Gasteiger partial charge in [0.25, 0.3) is 0 Å². The molecule has 2 heterocycles. The fourth-order valence-corrected chi connectivity index (χ4v) is 2.25. The van der Waals surface area contributed by atoms with Crippen LogP contribution in [0.5, 0.6) is 0 Å². The molecule has 15 heavy (non-hydrogen) atoms. The molecule has 0 saturated carbocycles. The predicted molar refractivity (Wildman–Crippen MR) is 60.2 cm³/mol. The first-order valence-electron chi connectivity index (χ1n) is 5.72. The molecule has 0 spiro atoms. The molecule has 1 fully saturated rings. The van der Waals surface area contributed by atoms with Crippen LogP contribution in [0.2, 0.25) is 0 Å². The van der Waals surface area contributed by atoms with Gasteiger partial charge in [0.2, 0.25) is 0 Å². The molecule has 0 aromatic carbocycles. The molecule has 0 radical (unpaired) electrons. The van der Waals surface area contributed by atoms with E-state index >= 15 is 0 Å². The lowest BCUT2D eigenvalue weighted by atomic mass is 9.91. The Labute approximate surface area is 90.8 Å². The third-order valence-electron chi connectivity index (χ3n) is 3.33. The molecule has 1 unspecified atom stereocenters. The maximum atomic E-state index is 5.91. The third-order valence-corrected chi connectivity index (χ3v) is 3.33. The Morgan fingerprint density at radius 1 is 1.60 bits per heavy atom. The Morgan fingerprint density at radius 2 is 2.33 bits per heavy atom. The third kappa shape index (κ3) is 2.79. The van der Waals surface area contributed by atoms with E-state index in [1.165, 1.54) is 18.5 Å². The maximum absolute atomic E-state index is 5.91. The molecule has 0 amide bonds. The lowest BCUT2D eigenvalue weighted by molar-refractivity contribution is 0.164. The molecule has 1 saturated heterocycles. The average molecular weight is 208 g/mol. The second-order valence-electron chi connectivity index (χ2n) is 4.55. The first-order valence-corrected chi connectivity index (χ1v) is 5.72. The van der Waals surface area contributed by atoms with Gasteiger partial charge in [0.15, 0.2) is 0 Å². The molecule has 1 aliphatic heterocycles. The molecule has 3 N–H and O–H groups in total. The number of nitrogens with two attached hydrogens (primary N) is 1. The molecule has 1 aliphatic rings. The van der Waals surface area contributed by atoms with Crippen molar-refractivity contribution in [3.63, 3.8) is 0 Å². The van der Waals surface area contributed by atoms with Crippen LogP contribution in [0.15, 0.2) is 12.3 Å². The smallest absolute Gasteiger partial charge is 0.0492 e. The summed E-state index contributed by atoms with van der Waals surface area (Å²) in [6.07, 6.45) is 4.27. The van der Waals surface area contributed by atoms with Gasteiger partial charge in [0.1, 0.15) is 0 Å². The van der Waals surface area contributed by atoms with Crippen LogP contribution in [0.3, 0.4) is 0 Å². The van der Waals surface area contributed by atoms with Crippen LogP contribution in [-0.2, 0) is 6.54 Å². The van der Waals surface area contributed by atoms with E-state index in [0.29, 0.717) is 12.0 Å². The molecule has 84 valence electrons. The van der Waals surface area contributed by atoms with Crippen molar-refractivity contribution in [3.8, 4) is 0 Å². The fourth-order valence-electron chi connectivity index (χ4n) is 2.25. The Bertz CT molecular complexity index is 273. The quantitative estimate of drug-likeness (QED) is 0.778. The minimum Gasteiger partial charge on any atom is -0.328 e. The Balaban J connectivity index is 1.79. The van der Waals surface area contributed by atoms with Crippen LogP contribution in [0.25, 0.3) is 0 Å². The Morgan fingerprint density at radius 3 is 2.87 bits per heavy atom. The van der Waals surface area contributed by atoms with Crippen molar-refractivity contribution >= 4 is 0 Å². The number of piperidine rings is 1. The minimum absolute atomic E-state index is 0.347. The van der Waals surface area contributed by atoms with E-state index in [1.54, 1.807) is 0 Å². The molecule has 4 heteroatoms. The number of hydrogen-bond acceptors (Lipinski definition) is 3. The number of aromatic nitrogens is 2. The molecule has 1 aromatic rings. The molecule has 2 rings (SSSR count). The van der Waals surface area contributed by atoms with E-state index < -0.39 is 0 Å². The van der Waals surface area contributed by atoms with Gasteiger partial charge in [-0.15, -0.1) is 0 Å². The van der Waals surface area contributed by atoms with Crippen molar-refractivity contribution in [1.29, 1.82) is 0 Å². The van der Waals surface area contributed by atoms with Crippen molar-refractivity contribution < 1.29 is 0 Å².